The zero-order valence-electron chi connectivity index (χ0n) is 16.1. The molecule has 154 valence electrons. The van der Waals surface area contributed by atoms with Gasteiger partial charge in [0.15, 0.2) is 11.6 Å². The number of pyridine rings is 2. The van der Waals surface area contributed by atoms with Crippen molar-refractivity contribution >= 4 is 28.5 Å². The summed E-state index contributed by atoms with van der Waals surface area (Å²) in [6.07, 6.45) is 3.02. The second-order valence-electron chi connectivity index (χ2n) is 7.59. The summed E-state index contributed by atoms with van der Waals surface area (Å²) in [5, 5.41) is 13.3. The van der Waals surface area contributed by atoms with Crippen LogP contribution in [0.4, 0.5) is 10.2 Å². The minimum atomic E-state index is -1.34. The number of rotatable bonds is 5. The fourth-order valence-corrected chi connectivity index (χ4v) is 3.81. The fourth-order valence-electron chi connectivity index (χ4n) is 3.81. The van der Waals surface area contributed by atoms with E-state index in [0.717, 1.165) is 18.9 Å². The Balaban J connectivity index is 1.85. The summed E-state index contributed by atoms with van der Waals surface area (Å²) in [4.78, 5) is 35.1. The van der Waals surface area contributed by atoms with Crippen molar-refractivity contribution in [2.45, 2.75) is 31.8 Å². The summed E-state index contributed by atoms with van der Waals surface area (Å²) in [5.74, 6) is -2.06. The average Bonchev–Trinajstić information content (AvgIpc) is 3.42. The molecule has 29 heavy (non-hydrogen) atoms. The van der Waals surface area contributed by atoms with Gasteiger partial charge in [-0.3, -0.25) is 4.79 Å². The first-order valence-corrected chi connectivity index (χ1v) is 9.41. The number of nitrogens with zero attached hydrogens (tertiary/aromatic N) is 4. The molecule has 0 amide bonds. The Morgan fingerprint density at radius 1 is 1.48 bits per heavy atom. The molecule has 2 fully saturated rings. The van der Waals surface area contributed by atoms with Gasteiger partial charge >= 0.3 is 5.97 Å². The van der Waals surface area contributed by atoms with E-state index in [9.17, 15) is 19.1 Å². The van der Waals surface area contributed by atoms with E-state index in [2.05, 4.69) is 10.1 Å². The summed E-state index contributed by atoms with van der Waals surface area (Å²) in [5.41, 5.74) is 5.91. The van der Waals surface area contributed by atoms with Crippen molar-refractivity contribution in [3.05, 3.63) is 33.9 Å². The van der Waals surface area contributed by atoms with Gasteiger partial charge in [0, 0.05) is 30.7 Å². The van der Waals surface area contributed by atoms with E-state index in [1.165, 1.54) is 13.3 Å². The Kier molecular flexibility index (Phi) is 4.73. The number of oxime groups is 1. The third-order valence-electron chi connectivity index (χ3n) is 5.45. The van der Waals surface area contributed by atoms with Crippen LogP contribution in [0.2, 0.25) is 0 Å². The first-order valence-electron chi connectivity index (χ1n) is 9.41. The Morgan fingerprint density at radius 3 is 2.79 bits per heavy atom. The number of aromatic carboxylic acids is 1. The van der Waals surface area contributed by atoms with Gasteiger partial charge in [0.05, 0.1) is 17.6 Å². The number of carbonyl (C=O) groups is 1. The molecule has 0 bridgehead atoms. The maximum atomic E-state index is 15.0. The third-order valence-corrected chi connectivity index (χ3v) is 5.45. The molecule has 0 aromatic carbocycles. The standard InChI is InChI=1S/C19H22FN5O4/c1-9(21)12-6-24(8-15(12)23-29-2)18-14(20)5-11-16(26)13(19(27)28)7-25(10-3-4-10)17(11)22-18/h5,7,9-10,12H,3-4,6,8,21H2,1-2H3,(H,27,28)/b23-15+. The number of hydrogen-bond donors (Lipinski definition) is 2. The van der Waals surface area contributed by atoms with Gasteiger partial charge in [-0.25, -0.2) is 14.2 Å². The second-order valence-corrected chi connectivity index (χ2v) is 7.59. The van der Waals surface area contributed by atoms with Crippen LogP contribution in [0.15, 0.2) is 22.2 Å². The molecule has 1 aliphatic carbocycles. The summed E-state index contributed by atoms with van der Waals surface area (Å²) in [6, 6.07) is 0.931. The van der Waals surface area contributed by atoms with Gasteiger partial charge < -0.3 is 25.1 Å². The van der Waals surface area contributed by atoms with Crippen LogP contribution in [-0.4, -0.2) is 52.6 Å². The third kappa shape index (κ3) is 3.33. The Bertz CT molecular complexity index is 1080. The van der Waals surface area contributed by atoms with E-state index < -0.39 is 17.2 Å². The summed E-state index contributed by atoms with van der Waals surface area (Å²) >= 11 is 0. The van der Waals surface area contributed by atoms with Crippen LogP contribution in [0, 0.1) is 11.7 Å². The zero-order chi connectivity index (χ0) is 20.9. The van der Waals surface area contributed by atoms with Crippen molar-refractivity contribution in [3.8, 4) is 0 Å². The summed E-state index contributed by atoms with van der Waals surface area (Å²) < 4.78 is 16.6. The maximum Gasteiger partial charge on any atom is 0.341 e. The van der Waals surface area contributed by atoms with Crippen LogP contribution in [0.5, 0.6) is 0 Å². The molecule has 2 atom stereocenters. The molecule has 1 saturated heterocycles. The van der Waals surface area contributed by atoms with Crippen LogP contribution < -0.4 is 16.1 Å². The number of carboxylic acids is 1. The fraction of sp³-hybridized carbons (Fsp3) is 0.474. The molecule has 10 heteroatoms. The summed E-state index contributed by atoms with van der Waals surface area (Å²) in [6.45, 7) is 2.56. The molecule has 0 radical (unpaired) electrons. The van der Waals surface area contributed by atoms with Gasteiger partial charge in [-0.1, -0.05) is 5.16 Å². The number of anilines is 1. The highest BCUT2D eigenvalue weighted by Gasteiger charge is 2.35. The number of hydrogen-bond acceptors (Lipinski definition) is 7. The molecule has 2 aromatic heterocycles. The number of halogens is 1. The lowest BCUT2D eigenvalue weighted by molar-refractivity contribution is 0.0695. The predicted molar refractivity (Wildman–Crippen MR) is 105 cm³/mol. The maximum absolute atomic E-state index is 15.0. The molecule has 3 N–H and O–H groups in total. The van der Waals surface area contributed by atoms with E-state index in [4.69, 9.17) is 10.6 Å². The summed E-state index contributed by atoms with van der Waals surface area (Å²) in [7, 11) is 1.44. The Hall–Kier alpha value is -3.01. The highest BCUT2D eigenvalue weighted by atomic mass is 19.1. The van der Waals surface area contributed by atoms with Gasteiger partial charge in [0.1, 0.15) is 18.3 Å². The molecule has 2 aromatic rings. The van der Waals surface area contributed by atoms with Crippen molar-refractivity contribution in [1.82, 2.24) is 9.55 Å². The number of fused-ring (bicyclic) bond motifs is 1. The number of nitrogens with two attached hydrogens (primary N) is 1. The number of carboxylic acid groups (broad SMARTS) is 1. The molecular weight excluding hydrogens is 381 g/mol. The zero-order valence-corrected chi connectivity index (χ0v) is 16.1. The van der Waals surface area contributed by atoms with Crippen LogP contribution in [0.3, 0.4) is 0 Å². The molecule has 1 aliphatic heterocycles. The van der Waals surface area contributed by atoms with Crippen molar-refractivity contribution in [1.29, 1.82) is 0 Å². The van der Waals surface area contributed by atoms with E-state index in [1.807, 2.05) is 6.92 Å². The quantitative estimate of drug-likeness (QED) is 0.723. The minimum absolute atomic E-state index is 0.0354. The Morgan fingerprint density at radius 2 is 2.21 bits per heavy atom. The molecule has 3 heterocycles. The van der Waals surface area contributed by atoms with Gasteiger partial charge in [0.25, 0.3) is 0 Å². The van der Waals surface area contributed by atoms with E-state index in [1.54, 1.807) is 9.47 Å². The first kappa shape index (κ1) is 19.3. The van der Waals surface area contributed by atoms with E-state index in [0.29, 0.717) is 18.8 Å². The van der Waals surface area contributed by atoms with Crippen LogP contribution in [0.1, 0.15) is 36.2 Å². The monoisotopic (exact) mass is 403 g/mol. The highest BCUT2D eigenvalue weighted by Crippen LogP contribution is 2.37. The molecule has 4 rings (SSSR count). The lowest BCUT2D eigenvalue weighted by Crippen LogP contribution is -2.33. The van der Waals surface area contributed by atoms with Crippen molar-refractivity contribution in [2.24, 2.45) is 16.8 Å². The SMILES string of the molecule is CO/N=C1\CN(c2nc3c(cc2F)c(=O)c(C(=O)O)cn3C2CC2)CC1C(C)N. The highest BCUT2D eigenvalue weighted by molar-refractivity contribution is 5.95. The average molecular weight is 403 g/mol. The van der Waals surface area contributed by atoms with Crippen molar-refractivity contribution in [3.63, 3.8) is 0 Å². The van der Waals surface area contributed by atoms with E-state index >= 15 is 0 Å². The van der Waals surface area contributed by atoms with Crippen LogP contribution in [0.25, 0.3) is 11.0 Å². The van der Waals surface area contributed by atoms with Gasteiger partial charge in [-0.05, 0) is 25.8 Å². The minimum Gasteiger partial charge on any atom is -0.477 e. The smallest absolute Gasteiger partial charge is 0.341 e. The molecule has 1 saturated carbocycles. The largest absolute Gasteiger partial charge is 0.477 e. The van der Waals surface area contributed by atoms with Crippen LogP contribution >= 0.6 is 0 Å². The van der Waals surface area contributed by atoms with Crippen molar-refractivity contribution in [2.75, 3.05) is 25.1 Å². The number of aromatic nitrogens is 2. The molecule has 9 nitrogen and oxygen atoms in total. The second kappa shape index (κ2) is 7.11. The normalized spacial score (nSPS) is 21.7. The van der Waals surface area contributed by atoms with E-state index in [-0.39, 0.29) is 40.4 Å². The molecule has 2 unspecified atom stereocenters. The molecule has 2 aliphatic rings. The Labute approximate surface area is 165 Å². The topological polar surface area (TPSA) is 123 Å². The van der Waals surface area contributed by atoms with Crippen molar-refractivity contribution < 1.29 is 19.1 Å². The molecular formula is C19H22FN5O4. The first-order chi connectivity index (χ1) is 13.8. The lowest BCUT2D eigenvalue weighted by atomic mass is 10.00. The predicted octanol–water partition coefficient (Wildman–Crippen LogP) is 1.35. The van der Waals surface area contributed by atoms with Gasteiger partial charge in [-0.15, -0.1) is 0 Å². The lowest BCUT2D eigenvalue weighted by Gasteiger charge is -2.20. The van der Waals surface area contributed by atoms with Crippen LogP contribution in [-0.2, 0) is 4.84 Å². The molecule has 0 spiro atoms. The van der Waals surface area contributed by atoms with Gasteiger partial charge in [-0.2, -0.15) is 0 Å². The van der Waals surface area contributed by atoms with Gasteiger partial charge in [0.2, 0.25) is 5.43 Å².